The molecule has 8 heteroatoms. The molecule has 0 radical (unpaired) electrons. The van der Waals surface area contributed by atoms with E-state index in [9.17, 15) is 9.90 Å². The number of thioether (sulfide) groups is 1. The molecule has 27 heavy (non-hydrogen) atoms. The van der Waals surface area contributed by atoms with E-state index in [4.69, 9.17) is 16.3 Å². The molecule has 3 rings (SSSR count). The zero-order valence-corrected chi connectivity index (χ0v) is 16.3. The number of carboxylic acids is 1. The lowest BCUT2D eigenvalue weighted by Crippen LogP contribution is -2.31. The second-order valence-electron chi connectivity index (χ2n) is 5.85. The third kappa shape index (κ3) is 4.61. The molecule has 1 aromatic heterocycles. The average Bonchev–Trinajstić information content (AvgIpc) is 3.03. The number of benzene rings is 2. The second-order valence-corrected chi connectivity index (χ2v) is 7.59. The molecule has 0 aliphatic rings. The Hall–Kier alpha value is -2.51. The maximum Gasteiger partial charge on any atom is 0.196 e. The Bertz CT molecular complexity index is 961. The minimum Gasteiger partial charge on any atom is -0.549 e. The smallest absolute Gasteiger partial charge is 0.196 e. The van der Waals surface area contributed by atoms with Gasteiger partial charge in [0, 0.05) is 10.3 Å². The summed E-state index contributed by atoms with van der Waals surface area (Å²) in [5.41, 5.74) is 1.73. The van der Waals surface area contributed by atoms with Crippen molar-refractivity contribution in [1.82, 2.24) is 14.8 Å². The summed E-state index contributed by atoms with van der Waals surface area (Å²) >= 11 is 7.17. The van der Waals surface area contributed by atoms with Crippen LogP contribution in [0, 0.1) is 6.92 Å². The summed E-state index contributed by atoms with van der Waals surface area (Å²) < 4.78 is 7.63. The van der Waals surface area contributed by atoms with Crippen molar-refractivity contribution < 1.29 is 14.6 Å². The molecule has 6 nitrogen and oxygen atoms in total. The van der Waals surface area contributed by atoms with Gasteiger partial charge in [-0.3, -0.25) is 4.57 Å². The van der Waals surface area contributed by atoms with Crippen molar-refractivity contribution >= 4 is 29.3 Å². The highest BCUT2D eigenvalue weighted by atomic mass is 35.5. The Morgan fingerprint density at radius 3 is 2.74 bits per heavy atom. The monoisotopic (exact) mass is 402 g/mol. The van der Waals surface area contributed by atoms with Crippen LogP contribution in [0.3, 0.4) is 0 Å². The van der Waals surface area contributed by atoms with Crippen LogP contribution in [0.1, 0.15) is 18.3 Å². The van der Waals surface area contributed by atoms with E-state index < -0.39 is 11.2 Å². The van der Waals surface area contributed by atoms with Crippen LogP contribution in [0.2, 0.25) is 5.02 Å². The van der Waals surface area contributed by atoms with Crippen molar-refractivity contribution in [2.45, 2.75) is 30.9 Å². The number of para-hydroxylation sites is 1. The first-order valence-corrected chi connectivity index (χ1v) is 9.47. The Labute approximate surface area is 166 Å². The van der Waals surface area contributed by atoms with Crippen LogP contribution in [0.4, 0.5) is 0 Å². The summed E-state index contributed by atoms with van der Waals surface area (Å²) in [6.45, 7) is 3.67. The predicted molar refractivity (Wildman–Crippen MR) is 102 cm³/mol. The molecule has 140 valence electrons. The Kier molecular flexibility index (Phi) is 6.03. The molecule has 0 fully saturated rings. The third-order valence-electron chi connectivity index (χ3n) is 3.83. The van der Waals surface area contributed by atoms with Gasteiger partial charge in [0.15, 0.2) is 11.0 Å². The average molecular weight is 403 g/mol. The molecule has 0 unspecified atom stereocenters. The van der Waals surface area contributed by atoms with Gasteiger partial charge in [-0.05, 0) is 43.7 Å². The van der Waals surface area contributed by atoms with Gasteiger partial charge >= 0.3 is 0 Å². The lowest BCUT2D eigenvalue weighted by Gasteiger charge is -2.15. The summed E-state index contributed by atoms with van der Waals surface area (Å²) in [6.07, 6.45) is 0. The fourth-order valence-electron chi connectivity index (χ4n) is 2.41. The molecule has 0 saturated heterocycles. The van der Waals surface area contributed by atoms with Crippen molar-refractivity contribution in [2.24, 2.45) is 0 Å². The summed E-state index contributed by atoms with van der Waals surface area (Å²) in [6, 6.07) is 14.8. The SMILES string of the molecule is Cc1ccccc1OCc1nnc(S[C@H](C)C(=O)[O-])n1-c1cccc(Cl)c1. The molecule has 0 amide bonds. The fourth-order valence-corrected chi connectivity index (χ4v) is 3.41. The van der Waals surface area contributed by atoms with Crippen LogP contribution in [-0.2, 0) is 11.4 Å². The lowest BCUT2D eigenvalue weighted by atomic mass is 10.2. The van der Waals surface area contributed by atoms with Crippen LogP contribution >= 0.6 is 23.4 Å². The van der Waals surface area contributed by atoms with Crippen LogP contribution in [0.25, 0.3) is 5.69 Å². The van der Waals surface area contributed by atoms with E-state index in [1.54, 1.807) is 29.7 Å². The van der Waals surface area contributed by atoms with Crippen LogP contribution in [0.15, 0.2) is 53.7 Å². The highest BCUT2D eigenvalue weighted by Crippen LogP contribution is 2.27. The normalized spacial score (nSPS) is 12.0. The molecule has 0 N–H and O–H groups in total. The Morgan fingerprint density at radius 2 is 2.04 bits per heavy atom. The molecular formula is C19H17ClN3O3S-. The van der Waals surface area contributed by atoms with Crippen molar-refractivity contribution in [3.05, 3.63) is 64.9 Å². The standard InChI is InChI=1S/C19H18ClN3O3S/c1-12-6-3-4-9-16(12)26-11-17-21-22-19(27-13(2)18(24)25)23(17)15-8-5-7-14(20)10-15/h3-10,13H,11H2,1-2H3,(H,24,25)/p-1/t13-/m1/s1. The molecule has 0 spiro atoms. The van der Waals surface area contributed by atoms with E-state index >= 15 is 0 Å². The second kappa shape index (κ2) is 8.45. The van der Waals surface area contributed by atoms with Crippen molar-refractivity contribution in [2.75, 3.05) is 0 Å². The number of halogens is 1. The molecule has 1 heterocycles. The van der Waals surface area contributed by atoms with E-state index in [1.807, 2.05) is 37.3 Å². The number of carboxylic acid groups (broad SMARTS) is 1. The lowest BCUT2D eigenvalue weighted by molar-refractivity contribution is -0.304. The van der Waals surface area contributed by atoms with Crippen molar-refractivity contribution in [3.63, 3.8) is 0 Å². The highest BCUT2D eigenvalue weighted by Gasteiger charge is 2.18. The van der Waals surface area contributed by atoms with Gasteiger partial charge in [-0.1, -0.05) is 47.6 Å². The zero-order chi connectivity index (χ0) is 19.4. The summed E-state index contributed by atoms with van der Waals surface area (Å²) in [5, 5.41) is 19.7. The van der Waals surface area contributed by atoms with Crippen molar-refractivity contribution in [1.29, 1.82) is 0 Å². The van der Waals surface area contributed by atoms with E-state index in [0.717, 1.165) is 28.8 Å². The fraction of sp³-hybridized carbons (Fsp3) is 0.211. The van der Waals surface area contributed by atoms with Crippen LogP contribution < -0.4 is 9.84 Å². The molecule has 0 aliphatic carbocycles. The highest BCUT2D eigenvalue weighted by molar-refractivity contribution is 8.00. The van der Waals surface area contributed by atoms with E-state index in [0.29, 0.717) is 16.0 Å². The zero-order valence-electron chi connectivity index (χ0n) is 14.8. The van der Waals surface area contributed by atoms with Crippen LogP contribution in [-0.4, -0.2) is 26.0 Å². The number of hydrogen-bond donors (Lipinski definition) is 0. The first kappa shape index (κ1) is 19.3. The molecule has 0 saturated carbocycles. The van der Waals surface area contributed by atoms with Gasteiger partial charge in [-0.15, -0.1) is 10.2 Å². The summed E-state index contributed by atoms with van der Waals surface area (Å²) in [5.74, 6) is 0.113. The number of hydrogen-bond acceptors (Lipinski definition) is 6. The number of rotatable bonds is 7. The van der Waals surface area contributed by atoms with Gasteiger partial charge in [-0.2, -0.15) is 0 Å². The number of carbonyl (C=O) groups is 1. The van der Waals surface area contributed by atoms with E-state index in [1.165, 1.54) is 0 Å². The number of aromatic nitrogens is 3. The van der Waals surface area contributed by atoms with Gasteiger partial charge in [0.1, 0.15) is 12.4 Å². The summed E-state index contributed by atoms with van der Waals surface area (Å²) in [7, 11) is 0. The maximum atomic E-state index is 11.1. The molecule has 0 bridgehead atoms. The number of carbonyl (C=O) groups excluding carboxylic acids is 1. The first-order chi connectivity index (χ1) is 13.0. The van der Waals surface area contributed by atoms with Gasteiger partial charge in [0.25, 0.3) is 0 Å². The predicted octanol–water partition coefficient (Wildman–Crippen LogP) is 3.04. The largest absolute Gasteiger partial charge is 0.549 e. The number of aryl methyl sites for hydroxylation is 1. The summed E-state index contributed by atoms with van der Waals surface area (Å²) in [4.78, 5) is 11.1. The number of aliphatic carboxylic acids is 1. The van der Waals surface area contributed by atoms with Crippen molar-refractivity contribution in [3.8, 4) is 11.4 Å². The number of ether oxygens (including phenoxy) is 1. The minimum absolute atomic E-state index is 0.171. The van der Waals surface area contributed by atoms with E-state index in [2.05, 4.69) is 10.2 Å². The molecule has 2 aromatic carbocycles. The minimum atomic E-state index is -1.17. The first-order valence-electron chi connectivity index (χ1n) is 8.22. The topological polar surface area (TPSA) is 80.1 Å². The molecule has 3 aromatic rings. The molecular weight excluding hydrogens is 386 g/mol. The molecule has 0 aliphatic heterocycles. The Balaban J connectivity index is 1.94. The van der Waals surface area contributed by atoms with Gasteiger partial charge < -0.3 is 14.6 Å². The number of nitrogens with zero attached hydrogens (tertiary/aromatic N) is 3. The van der Waals surface area contributed by atoms with Gasteiger partial charge in [0.2, 0.25) is 0 Å². The van der Waals surface area contributed by atoms with Crippen LogP contribution in [0.5, 0.6) is 5.75 Å². The van der Waals surface area contributed by atoms with E-state index in [-0.39, 0.29) is 6.61 Å². The van der Waals surface area contributed by atoms with Gasteiger partial charge in [0.05, 0.1) is 11.7 Å². The molecule has 1 atom stereocenters. The Morgan fingerprint density at radius 1 is 1.26 bits per heavy atom. The maximum absolute atomic E-state index is 11.1. The quantitative estimate of drug-likeness (QED) is 0.565. The van der Waals surface area contributed by atoms with Gasteiger partial charge in [-0.25, -0.2) is 0 Å². The third-order valence-corrected chi connectivity index (χ3v) is 5.09.